The van der Waals surface area contributed by atoms with Crippen LogP contribution in [0, 0.1) is 12.8 Å². The van der Waals surface area contributed by atoms with E-state index in [1.54, 1.807) is 7.11 Å². The van der Waals surface area contributed by atoms with Crippen LogP contribution in [0.1, 0.15) is 30.5 Å². The number of methoxy groups -OCH3 is 1. The average molecular weight is 389 g/mol. The van der Waals surface area contributed by atoms with Crippen LogP contribution in [0.5, 0.6) is 0 Å². The van der Waals surface area contributed by atoms with Crippen LogP contribution < -0.4 is 5.32 Å². The molecule has 2 saturated heterocycles. The third kappa shape index (κ3) is 5.69. The molecule has 0 radical (unpaired) electrons. The summed E-state index contributed by atoms with van der Waals surface area (Å²) in [5.74, 6) is 1.63. The van der Waals surface area contributed by atoms with Gasteiger partial charge in [-0.3, -0.25) is 9.89 Å². The van der Waals surface area contributed by atoms with Crippen molar-refractivity contribution >= 4 is 5.96 Å². The molecule has 2 atom stereocenters. The number of guanidine groups is 1. The number of benzene rings is 1. The Balaban J connectivity index is 1.74. The fourth-order valence-electron chi connectivity index (χ4n) is 4.10. The van der Waals surface area contributed by atoms with Gasteiger partial charge in [0.1, 0.15) is 0 Å². The molecule has 0 saturated carbocycles. The van der Waals surface area contributed by atoms with Crippen LogP contribution in [-0.2, 0) is 9.47 Å². The quantitative estimate of drug-likeness (QED) is 0.574. The highest BCUT2D eigenvalue weighted by Gasteiger charge is 2.26. The number of likely N-dealkylation sites (tertiary alicyclic amines) is 1. The lowest BCUT2D eigenvalue weighted by atomic mass is 10.0. The molecule has 0 aliphatic carbocycles. The molecule has 1 aromatic rings. The minimum atomic E-state index is 0.288. The smallest absolute Gasteiger partial charge is 0.193 e. The minimum Gasteiger partial charge on any atom is -0.384 e. The summed E-state index contributed by atoms with van der Waals surface area (Å²) >= 11 is 0. The summed E-state index contributed by atoms with van der Waals surface area (Å²) in [5, 5.41) is 3.50. The molecule has 1 aromatic carbocycles. The van der Waals surface area contributed by atoms with E-state index >= 15 is 0 Å². The van der Waals surface area contributed by atoms with Gasteiger partial charge in [0.15, 0.2) is 5.96 Å². The van der Waals surface area contributed by atoms with Crippen LogP contribution in [0.4, 0.5) is 0 Å². The molecule has 2 unspecified atom stereocenters. The Labute approximate surface area is 169 Å². The van der Waals surface area contributed by atoms with E-state index in [1.165, 1.54) is 17.5 Å². The summed E-state index contributed by atoms with van der Waals surface area (Å²) in [6, 6.07) is 9.20. The van der Waals surface area contributed by atoms with Crippen LogP contribution >= 0.6 is 0 Å². The van der Waals surface area contributed by atoms with Gasteiger partial charge in [-0.25, -0.2) is 0 Å². The van der Waals surface area contributed by atoms with E-state index in [0.717, 1.165) is 65.0 Å². The highest BCUT2D eigenvalue weighted by atomic mass is 16.5. The number of hydrogen-bond donors (Lipinski definition) is 1. The Hall–Kier alpha value is -1.63. The molecule has 156 valence electrons. The molecular weight excluding hydrogens is 352 g/mol. The van der Waals surface area contributed by atoms with Gasteiger partial charge in [0.2, 0.25) is 0 Å². The second-order valence-corrected chi connectivity index (χ2v) is 7.83. The summed E-state index contributed by atoms with van der Waals surface area (Å²) in [6.07, 6.45) is 1.17. The van der Waals surface area contributed by atoms with Gasteiger partial charge >= 0.3 is 0 Å². The molecule has 0 spiro atoms. The number of rotatable bonds is 7. The molecule has 1 N–H and O–H groups in total. The first-order chi connectivity index (χ1) is 13.7. The first-order valence-electron chi connectivity index (χ1n) is 10.6. The largest absolute Gasteiger partial charge is 0.384 e. The third-order valence-electron chi connectivity index (χ3n) is 5.69. The second-order valence-electron chi connectivity index (χ2n) is 7.83. The molecule has 0 bridgehead atoms. The maximum Gasteiger partial charge on any atom is 0.193 e. The number of nitrogens with one attached hydrogen (secondary N) is 1. The van der Waals surface area contributed by atoms with E-state index in [-0.39, 0.29) is 6.04 Å². The van der Waals surface area contributed by atoms with E-state index in [0.29, 0.717) is 5.92 Å². The van der Waals surface area contributed by atoms with E-state index in [9.17, 15) is 0 Å². The van der Waals surface area contributed by atoms with Gasteiger partial charge in [-0.1, -0.05) is 29.8 Å². The Morgan fingerprint density at radius 1 is 1.25 bits per heavy atom. The molecule has 0 aromatic heterocycles. The predicted octanol–water partition coefficient (Wildman–Crippen LogP) is 2.30. The molecule has 6 heteroatoms. The zero-order chi connectivity index (χ0) is 19.8. The van der Waals surface area contributed by atoms with E-state index < -0.39 is 0 Å². The van der Waals surface area contributed by atoms with Crippen molar-refractivity contribution in [1.82, 2.24) is 15.1 Å². The van der Waals surface area contributed by atoms with Gasteiger partial charge in [-0.2, -0.15) is 0 Å². The maximum atomic E-state index is 5.58. The lowest BCUT2D eigenvalue weighted by Gasteiger charge is -2.34. The first-order valence-corrected chi connectivity index (χ1v) is 10.6. The van der Waals surface area contributed by atoms with Gasteiger partial charge < -0.3 is 19.7 Å². The van der Waals surface area contributed by atoms with E-state index in [1.807, 2.05) is 0 Å². The van der Waals surface area contributed by atoms with Gasteiger partial charge in [-0.15, -0.1) is 0 Å². The van der Waals surface area contributed by atoms with Crippen LogP contribution in [0.25, 0.3) is 0 Å². The maximum absolute atomic E-state index is 5.58. The molecule has 2 aliphatic rings. The number of morpholine rings is 1. The standard InChI is InChI=1S/C22H36N4O2/c1-4-23-22(26-10-9-19(16-26)17-27-3)24-15-21(25-11-13-28-14-12-25)20-7-5-18(2)6-8-20/h5-8,19,21H,4,9-17H2,1-3H3,(H,23,24). The Kier molecular flexibility index (Phi) is 8.13. The zero-order valence-corrected chi connectivity index (χ0v) is 17.7. The minimum absolute atomic E-state index is 0.288. The van der Waals surface area contributed by atoms with Crippen LogP contribution in [0.3, 0.4) is 0 Å². The monoisotopic (exact) mass is 388 g/mol. The molecule has 3 rings (SSSR count). The summed E-state index contributed by atoms with van der Waals surface area (Å²) in [7, 11) is 1.79. The lowest BCUT2D eigenvalue weighted by molar-refractivity contribution is 0.0179. The number of nitrogens with zero attached hydrogens (tertiary/aromatic N) is 3. The summed E-state index contributed by atoms with van der Waals surface area (Å²) in [5.41, 5.74) is 2.63. The molecule has 2 aliphatic heterocycles. The SMILES string of the molecule is CCNC(=NCC(c1ccc(C)cc1)N1CCOCC1)N1CCC(COC)C1. The van der Waals surface area contributed by atoms with Gasteiger partial charge in [0.25, 0.3) is 0 Å². The highest BCUT2D eigenvalue weighted by molar-refractivity contribution is 5.80. The second kappa shape index (κ2) is 10.8. The van der Waals surface area contributed by atoms with Crippen LogP contribution in [-0.4, -0.2) is 82.0 Å². The lowest BCUT2D eigenvalue weighted by Crippen LogP contribution is -2.43. The number of aryl methyl sites for hydroxylation is 1. The fraction of sp³-hybridized carbons (Fsp3) is 0.682. The molecule has 2 fully saturated rings. The van der Waals surface area contributed by atoms with Crippen molar-refractivity contribution in [2.75, 3.05) is 66.2 Å². The average Bonchev–Trinajstić information content (AvgIpc) is 3.18. The molecule has 28 heavy (non-hydrogen) atoms. The van der Waals surface area contributed by atoms with Crippen molar-refractivity contribution in [1.29, 1.82) is 0 Å². The summed E-state index contributed by atoms with van der Waals surface area (Å²) in [4.78, 5) is 9.97. The van der Waals surface area contributed by atoms with E-state index in [4.69, 9.17) is 14.5 Å². The first kappa shape index (κ1) is 21.1. The highest BCUT2D eigenvalue weighted by Crippen LogP contribution is 2.23. The van der Waals surface area contributed by atoms with Crippen molar-refractivity contribution in [3.63, 3.8) is 0 Å². The van der Waals surface area contributed by atoms with Crippen LogP contribution in [0.2, 0.25) is 0 Å². The van der Waals surface area contributed by atoms with Crippen LogP contribution in [0.15, 0.2) is 29.3 Å². The summed E-state index contributed by atoms with van der Waals surface area (Å²) < 4.78 is 10.9. The summed E-state index contributed by atoms with van der Waals surface area (Å²) in [6.45, 7) is 12.3. The molecule has 2 heterocycles. The van der Waals surface area contributed by atoms with Gasteiger partial charge in [0, 0.05) is 45.8 Å². The Morgan fingerprint density at radius 3 is 2.68 bits per heavy atom. The van der Waals surface area contributed by atoms with Gasteiger partial charge in [-0.05, 0) is 25.8 Å². The van der Waals surface area contributed by atoms with Gasteiger partial charge in [0.05, 0.1) is 32.4 Å². The number of hydrogen-bond acceptors (Lipinski definition) is 4. The van der Waals surface area contributed by atoms with Crippen molar-refractivity contribution in [2.24, 2.45) is 10.9 Å². The fourth-order valence-corrected chi connectivity index (χ4v) is 4.10. The normalized spacial score (nSPS) is 22.5. The Bertz CT molecular complexity index is 613. The molecular formula is C22H36N4O2. The van der Waals surface area contributed by atoms with Crippen molar-refractivity contribution in [3.05, 3.63) is 35.4 Å². The van der Waals surface area contributed by atoms with Crippen molar-refractivity contribution in [3.8, 4) is 0 Å². The number of aliphatic imine (C=N–C) groups is 1. The molecule has 0 amide bonds. The predicted molar refractivity (Wildman–Crippen MR) is 114 cm³/mol. The molecule has 6 nitrogen and oxygen atoms in total. The van der Waals surface area contributed by atoms with E-state index in [2.05, 4.69) is 53.2 Å². The zero-order valence-electron chi connectivity index (χ0n) is 17.7. The Morgan fingerprint density at radius 2 is 2.00 bits per heavy atom. The van der Waals surface area contributed by atoms with Crippen molar-refractivity contribution < 1.29 is 9.47 Å². The van der Waals surface area contributed by atoms with Crippen molar-refractivity contribution in [2.45, 2.75) is 26.3 Å². The third-order valence-corrected chi connectivity index (χ3v) is 5.69. The number of ether oxygens (including phenoxy) is 2. The topological polar surface area (TPSA) is 49.3 Å².